The van der Waals surface area contributed by atoms with E-state index in [9.17, 15) is 0 Å². The predicted molar refractivity (Wildman–Crippen MR) is 314 cm³/mol. The average molecular weight is 937 g/mol. The number of nitrogens with zero attached hydrogens (tertiary/aromatic N) is 2. The summed E-state index contributed by atoms with van der Waals surface area (Å²) >= 11 is 0. The van der Waals surface area contributed by atoms with Crippen molar-refractivity contribution in [1.29, 1.82) is 0 Å². The van der Waals surface area contributed by atoms with Gasteiger partial charge in [0.1, 0.15) is 0 Å². The van der Waals surface area contributed by atoms with Crippen LogP contribution in [0.15, 0.2) is 213 Å². The highest BCUT2D eigenvalue weighted by Gasteiger charge is 2.39. The lowest BCUT2D eigenvalue weighted by molar-refractivity contribution is 0.660. The number of rotatable bonds is 10. The third kappa shape index (κ3) is 7.73. The zero-order chi connectivity index (χ0) is 49.4. The van der Waals surface area contributed by atoms with Crippen LogP contribution in [0.5, 0.6) is 0 Å². The molecule has 2 nitrogen and oxygen atoms in total. The number of anilines is 5. The van der Waals surface area contributed by atoms with E-state index >= 15 is 0 Å². The van der Waals surface area contributed by atoms with E-state index in [2.05, 4.69) is 281 Å². The van der Waals surface area contributed by atoms with Crippen molar-refractivity contribution < 1.29 is 0 Å². The SMILES string of the molecule is C=C/C=c1/cccc/c1=C/CN(c1ccc2c(c1)C(C)(C)c1cc(/C=C/c3ccc(/C=C/c4ccc5c(c4)C(C)(C)c4cc(N6c7cc8ccccc8cc76)ccc4-5)cc3)ccc1-2)c1ccc2ccccc2c1. The second-order valence-electron chi connectivity index (χ2n) is 21.1. The Morgan fingerprint density at radius 1 is 0.411 bits per heavy atom. The smallest absolute Gasteiger partial charge is 0.0709 e. The molecule has 350 valence electrons. The monoisotopic (exact) mass is 936 g/mol. The molecule has 0 saturated heterocycles. The normalized spacial score (nSPS) is 14.9. The summed E-state index contributed by atoms with van der Waals surface area (Å²) in [7, 11) is 0. The Morgan fingerprint density at radius 3 is 1.44 bits per heavy atom. The van der Waals surface area contributed by atoms with Gasteiger partial charge in [-0.15, -0.1) is 0 Å². The van der Waals surface area contributed by atoms with E-state index in [0.717, 1.165) is 6.54 Å². The van der Waals surface area contributed by atoms with Crippen LogP contribution in [0, 0.1) is 0 Å². The summed E-state index contributed by atoms with van der Waals surface area (Å²) in [4.78, 5) is 4.84. The molecule has 13 rings (SSSR count). The van der Waals surface area contributed by atoms with E-state index in [4.69, 9.17) is 0 Å². The molecule has 3 aliphatic rings. The molecule has 0 radical (unpaired) electrons. The standard InChI is InChI=1S/C71H56N2/c1-6-13-51-14-7-8-16-53(51)38-39-72(57-31-30-52-15-9-10-17-54(52)42-57)58-32-36-62-60-34-28-49(40-64(60)70(2,3)66(62)45-58)26-24-47-20-22-48(23-21-47)25-27-50-29-35-61-63-37-33-59(46-67(63)71(4,5)65(61)41-50)73-68-43-55-18-11-12-19-56(55)44-69(68)73/h6-38,40-46H,1,39H2,2-5H3/b26-24+,27-25+,51-13-,53-38-. The number of hydrogen-bond donors (Lipinski definition) is 0. The fourth-order valence-electron chi connectivity index (χ4n) is 11.8. The van der Waals surface area contributed by atoms with Gasteiger partial charge in [-0.2, -0.15) is 0 Å². The highest BCUT2D eigenvalue weighted by molar-refractivity contribution is 6.08. The minimum atomic E-state index is -0.178. The van der Waals surface area contributed by atoms with Crippen LogP contribution in [0.3, 0.4) is 0 Å². The molecule has 1 heterocycles. The van der Waals surface area contributed by atoms with Crippen LogP contribution in [0.25, 0.3) is 80.3 Å². The van der Waals surface area contributed by atoms with Crippen molar-refractivity contribution in [2.24, 2.45) is 0 Å². The van der Waals surface area contributed by atoms with Crippen LogP contribution in [0.4, 0.5) is 28.4 Å². The molecule has 0 unspecified atom stereocenters. The van der Waals surface area contributed by atoms with Gasteiger partial charge >= 0.3 is 0 Å². The van der Waals surface area contributed by atoms with Crippen LogP contribution in [-0.4, -0.2) is 6.54 Å². The zero-order valence-corrected chi connectivity index (χ0v) is 41.9. The third-order valence-electron chi connectivity index (χ3n) is 15.9. The summed E-state index contributed by atoms with van der Waals surface area (Å²) < 4.78 is 0. The summed E-state index contributed by atoms with van der Waals surface area (Å²) in [5, 5.41) is 7.41. The van der Waals surface area contributed by atoms with E-state index in [1.165, 1.54) is 127 Å². The molecule has 1 aliphatic heterocycles. The molecule has 10 aromatic carbocycles. The highest BCUT2D eigenvalue weighted by Crippen LogP contribution is 2.58. The van der Waals surface area contributed by atoms with E-state index in [0.29, 0.717) is 0 Å². The number of fused-ring (bicyclic) bond motifs is 9. The van der Waals surface area contributed by atoms with Gasteiger partial charge < -0.3 is 9.80 Å². The second-order valence-corrected chi connectivity index (χ2v) is 21.1. The van der Waals surface area contributed by atoms with Crippen molar-refractivity contribution in [3.63, 3.8) is 0 Å². The molecule has 2 heteroatoms. The van der Waals surface area contributed by atoms with E-state index in [1.807, 2.05) is 6.08 Å². The number of hydrogen-bond acceptors (Lipinski definition) is 2. The van der Waals surface area contributed by atoms with Crippen molar-refractivity contribution in [1.82, 2.24) is 0 Å². The van der Waals surface area contributed by atoms with Crippen LogP contribution in [-0.2, 0) is 10.8 Å². The predicted octanol–water partition coefficient (Wildman–Crippen LogP) is 17.3. The molecule has 10 aromatic rings. The maximum atomic E-state index is 3.97. The van der Waals surface area contributed by atoms with Gasteiger partial charge in [0.2, 0.25) is 0 Å². The Kier molecular flexibility index (Phi) is 10.5. The van der Waals surface area contributed by atoms with Crippen molar-refractivity contribution in [2.75, 3.05) is 16.3 Å². The lowest BCUT2D eigenvalue weighted by Crippen LogP contribution is -2.27. The molecule has 0 saturated carbocycles. The lowest BCUT2D eigenvalue weighted by atomic mass is 9.81. The summed E-state index contributed by atoms with van der Waals surface area (Å²) in [5.41, 5.74) is 21.5. The fourth-order valence-corrected chi connectivity index (χ4v) is 11.8. The Labute approximate surface area is 429 Å². The first-order valence-electron chi connectivity index (χ1n) is 25.6. The molecular weight excluding hydrogens is 881 g/mol. The van der Waals surface area contributed by atoms with Crippen LogP contribution in [0.2, 0.25) is 0 Å². The van der Waals surface area contributed by atoms with Gasteiger partial charge in [-0.3, -0.25) is 0 Å². The van der Waals surface area contributed by atoms with Gasteiger partial charge in [0.25, 0.3) is 0 Å². The Balaban J connectivity index is 0.714. The van der Waals surface area contributed by atoms with Gasteiger partial charge in [-0.1, -0.05) is 228 Å². The minimum Gasteiger partial charge on any atom is -0.338 e. The van der Waals surface area contributed by atoms with Crippen LogP contribution in [0.1, 0.15) is 72.2 Å². The molecule has 0 spiro atoms. The third-order valence-corrected chi connectivity index (χ3v) is 15.9. The quantitative estimate of drug-likeness (QED) is 0.0996. The molecule has 2 aliphatic carbocycles. The van der Waals surface area contributed by atoms with E-state index in [1.54, 1.807) is 0 Å². The average Bonchev–Trinajstić information content (AvgIpc) is 4.02. The first-order valence-corrected chi connectivity index (χ1v) is 25.6. The molecule has 0 atom stereocenters. The van der Waals surface area contributed by atoms with Crippen LogP contribution < -0.4 is 20.2 Å². The first kappa shape index (κ1) is 44.2. The Morgan fingerprint density at radius 2 is 0.849 bits per heavy atom. The Hall–Kier alpha value is -8.72. The van der Waals surface area contributed by atoms with E-state index in [-0.39, 0.29) is 10.8 Å². The summed E-state index contributed by atoms with van der Waals surface area (Å²) in [6.07, 6.45) is 15.3. The van der Waals surface area contributed by atoms with Crippen molar-refractivity contribution in [2.45, 2.75) is 38.5 Å². The fraction of sp³-hybridized carbons (Fsp3) is 0.0986. The minimum absolute atomic E-state index is 0.105. The summed E-state index contributed by atoms with van der Waals surface area (Å²) in [6.45, 7) is 14.2. The highest BCUT2D eigenvalue weighted by atomic mass is 15.3. The molecule has 0 bridgehead atoms. The van der Waals surface area contributed by atoms with Crippen LogP contribution >= 0.6 is 0 Å². The molecule has 0 aromatic heterocycles. The van der Waals surface area contributed by atoms with E-state index < -0.39 is 0 Å². The van der Waals surface area contributed by atoms with Gasteiger partial charge in [0, 0.05) is 34.4 Å². The number of allylic oxidation sites excluding steroid dienone is 1. The van der Waals surface area contributed by atoms with Crippen molar-refractivity contribution in [3.05, 3.63) is 268 Å². The second kappa shape index (κ2) is 17.3. The maximum Gasteiger partial charge on any atom is 0.0709 e. The Bertz CT molecular complexity index is 4040. The zero-order valence-electron chi connectivity index (χ0n) is 41.9. The molecular formula is C71H56N2. The first-order chi connectivity index (χ1) is 35.6. The topological polar surface area (TPSA) is 6.25 Å². The molecule has 0 fully saturated rings. The van der Waals surface area contributed by atoms with Crippen molar-refractivity contribution >= 4 is 86.4 Å². The lowest BCUT2D eigenvalue weighted by Gasteiger charge is -2.27. The van der Waals surface area contributed by atoms with Gasteiger partial charge in [-0.05, 0) is 147 Å². The molecule has 73 heavy (non-hydrogen) atoms. The largest absolute Gasteiger partial charge is 0.338 e. The van der Waals surface area contributed by atoms with Gasteiger partial charge in [0.05, 0.1) is 11.4 Å². The van der Waals surface area contributed by atoms with Gasteiger partial charge in [0.15, 0.2) is 0 Å². The maximum absolute atomic E-state index is 3.97. The summed E-state index contributed by atoms with van der Waals surface area (Å²) in [6, 6.07) is 74.2. The summed E-state index contributed by atoms with van der Waals surface area (Å²) in [5.74, 6) is 0. The van der Waals surface area contributed by atoms with Crippen molar-refractivity contribution in [3.8, 4) is 22.3 Å². The van der Waals surface area contributed by atoms with Gasteiger partial charge in [-0.25, -0.2) is 0 Å². The number of benzene rings is 10. The molecule has 0 N–H and O–H groups in total. The molecule has 0 amide bonds.